The minimum absolute atomic E-state index is 0.137. The van der Waals surface area contributed by atoms with Crippen LogP contribution >= 0.6 is 11.8 Å². The minimum atomic E-state index is -0.473. The molecule has 0 aliphatic carbocycles. The Balaban J connectivity index is 2.02. The third-order valence-electron chi connectivity index (χ3n) is 2.59. The van der Waals surface area contributed by atoms with E-state index in [1.54, 1.807) is 19.2 Å². The summed E-state index contributed by atoms with van der Waals surface area (Å²) in [6.45, 7) is 0. The molecule has 19 heavy (non-hydrogen) atoms. The van der Waals surface area contributed by atoms with Crippen LogP contribution in [0.3, 0.4) is 0 Å². The van der Waals surface area contributed by atoms with E-state index >= 15 is 0 Å². The second-order valence-electron chi connectivity index (χ2n) is 3.87. The van der Waals surface area contributed by atoms with Crippen molar-refractivity contribution in [3.05, 3.63) is 59.9 Å². The van der Waals surface area contributed by atoms with Gasteiger partial charge in [-0.2, -0.15) is 0 Å². The van der Waals surface area contributed by atoms with E-state index in [1.807, 2.05) is 24.3 Å². The van der Waals surface area contributed by atoms with E-state index in [0.29, 0.717) is 0 Å². The number of carbonyl (C=O) groups excluding carboxylic acids is 1. The van der Waals surface area contributed by atoms with Crippen LogP contribution in [0.5, 0.6) is 5.75 Å². The molecule has 0 bridgehead atoms. The van der Waals surface area contributed by atoms with Gasteiger partial charge in [-0.15, -0.1) is 11.8 Å². The molecular weight excluding hydrogens is 263 g/mol. The van der Waals surface area contributed by atoms with Crippen molar-refractivity contribution in [1.82, 2.24) is 0 Å². The van der Waals surface area contributed by atoms with E-state index in [2.05, 4.69) is 0 Å². The molecule has 2 aromatic carbocycles. The summed E-state index contributed by atoms with van der Waals surface area (Å²) in [5.74, 6) is 0.252. The lowest BCUT2D eigenvalue weighted by atomic mass is 10.1. The van der Waals surface area contributed by atoms with Gasteiger partial charge in [-0.1, -0.05) is 18.2 Å². The van der Waals surface area contributed by atoms with Gasteiger partial charge in [0.1, 0.15) is 11.6 Å². The molecule has 0 saturated carbocycles. The fraction of sp³-hybridized carbons (Fsp3) is 0.133. The van der Waals surface area contributed by atoms with Crippen LogP contribution in [0, 0.1) is 5.82 Å². The number of methoxy groups -OCH3 is 1. The van der Waals surface area contributed by atoms with Crippen molar-refractivity contribution in [3.8, 4) is 5.75 Å². The maximum atomic E-state index is 13.4. The molecule has 0 heterocycles. The van der Waals surface area contributed by atoms with Gasteiger partial charge in [0.2, 0.25) is 0 Å². The van der Waals surface area contributed by atoms with E-state index in [4.69, 9.17) is 4.74 Å². The lowest BCUT2D eigenvalue weighted by molar-refractivity contribution is 0.101. The van der Waals surface area contributed by atoms with Gasteiger partial charge in [0, 0.05) is 4.90 Å². The second kappa shape index (κ2) is 6.38. The number of benzene rings is 2. The maximum Gasteiger partial charge on any atom is 0.176 e. The number of Topliss-reactive ketones (excluding diaryl/α,β-unsaturated/α-hetero) is 1. The molecule has 0 atom stereocenters. The molecular formula is C15H13FO2S. The molecule has 0 amide bonds. The highest BCUT2D eigenvalue weighted by Crippen LogP contribution is 2.23. The standard InChI is InChI=1S/C15H13FO2S/c1-18-11-5-4-6-12(9-11)19-10-15(17)13-7-2-3-8-14(13)16/h2-9H,10H2,1H3. The number of ether oxygens (including phenoxy) is 1. The van der Waals surface area contributed by atoms with E-state index < -0.39 is 5.82 Å². The van der Waals surface area contributed by atoms with Crippen molar-refractivity contribution in [2.45, 2.75) is 4.90 Å². The number of thioether (sulfide) groups is 1. The molecule has 0 saturated heterocycles. The number of ketones is 1. The van der Waals surface area contributed by atoms with Crippen LogP contribution in [0.25, 0.3) is 0 Å². The summed E-state index contributed by atoms with van der Waals surface area (Å²) in [5, 5.41) is 0. The zero-order valence-electron chi connectivity index (χ0n) is 10.4. The number of halogens is 1. The summed E-state index contributed by atoms with van der Waals surface area (Å²) in [5.41, 5.74) is 0.137. The minimum Gasteiger partial charge on any atom is -0.497 e. The highest BCUT2D eigenvalue weighted by atomic mass is 32.2. The molecule has 2 rings (SSSR count). The predicted octanol–water partition coefficient (Wildman–Crippen LogP) is 3.81. The Labute approximate surface area is 115 Å². The molecule has 0 N–H and O–H groups in total. The van der Waals surface area contributed by atoms with Crippen molar-refractivity contribution in [2.24, 2.45) is 0 Å². The highest BCUT2D eigenvalue weighted by Gasteiger charge is 2.11. The Bertz CT molecular complexity index is 584. The molecule has 0 aliphatic rings. The Morgan fingerprint density at radius 1 is 1.21 bits per heavy atom. The molecule has 2 nitrogen and oxygen atoms in total. The molecule has 0 radical (unpaired) electrons. The average Bonchev–Trinajstić information content (AvgIpc) is 2.45. The van der Waals surface area contributed by atoms with E-state index in [0.717, 1.165) is 10.6 Å². The molecule has 2 aromatic rings. The van der Waals surface area contributed by atoms with Gasteiger partial charge in [-0.3, -0.25) is 4.79 Å². The van der Waals surface area contributed by atoms with Gasteiger partial charge >= 0.3 is 0 Å². The maximum absolute atomic E-state index is 13.4. The molecule has 0 unspecified atom stereocenters. The topological polar surface area (TPSA) is 26.3 Å². The van der Waals surface area contributed by atoms with Crippen molar-refractivity contribution >= 4 is 17.5 Å². The predicted molar refractivity (Wildman–Crippen MR) is 74.4 cm³/mol. The smallest absolute Gasteiger partial charge is 0.176 e. The third kappa shape index (κ3) is 3.58. The highest BCUT2D eigenvalue weighted by molar-refractivity contribution is 8.00. The molecule has 0 spiro atoms. The van der Waals surface area contributed by atoms with Crippen LogP contribution < -0.4 is 4.74 Å². The normalized spacial score (nSPS) is 10.2. The van der Waals surface area contributed by atoms with Crippen molar-refractivity contribution in [1.29, 1.82) is 0 Å². The average molecular weight is 276 g/mol. The van der Waals surface area contributed by atoms with Crippen molar-refractivity contribution in [3.63, 3.8) is 0 Å². The summed E-state index contributed by atoms with van der Waals surface area (Å²) in [6.07, 6.45) is 0. The molecule has 0 aliphatic heterocycles. The van der Waals surface area contributed by atoms with Gasteiger partial charge in [0.15, 0.2) is 5.78 Å². The van der Waals surface area contributed by atoms with Crippen LogP contribution in [0.4, 0.5) is 4.39 Å². The second-order valence-corrected chi connectivity index (χ2v) is 4.92. The first kappa shape index (κ1) is 13.6. The Kier molecular flexibility index (Phi) is 4.58. The lowest BCUT2D eigenvalue weighted by Crippen LogP contribution is -2.04. The SMILES string of the molecule is COc1cccc(SCC(=O)c2ccccc2F)c1. The van der Waals surface area contributed by atoms with Crippen LogP contribution in [0.1, 0.15) is 10.4 Å². The van der Waals surface area contributed by atoms with Crippen LogP contribution in [0.2, 0.25) is 0 Å². The van der Waals surface area contributed by atoms with Crippen molar-refractivity contribution in [2.75, 3.05) is 12.9 Å². The van der Waals surface area contributed by atoms with Gasteiger partial charge in [-0.25, -0.2) is 4.39 Å². The first-order valence-corrected chi connectivity index (χ1v) is 6.74. The summed E-state index contributed by atoms with van der Waals surface area (Å²) >= 11 is 1.37. The molecule has 98 valence electrons. The van der Waals surface area contributed by atoms with Gasteiger partial charge in [0.05, 0.1) is 18.4 Å². The van der Waals surface area contributed by atoms with Crippen molar-refractivity contribution < 1.29 is 13.9 Å². The van der Waals surface area contributed by atoms with Crippen LogP contribution in [-0.4, -0.2) is 18.6 Å². The van der Waals surface area contributed by atoms with Crippen LogP contribution in [0.15, 0.2) is 53.4 Å². The first-order valence-electron chi connectivity index (χ1n) is 5.75. The van der Waals surface area contributed by atoms with E-state index in [-0.39, 0.29) is 17.1 Å². The molecule has 4 heteroatoms. The summed E-state index contributed by atoms with van der Waals surface area (Å²) in [4.78, 5) is 12.8. The van der Waals surface area contributed by atoms with E-state index in [9.17, 15) is 9.18 Å². The lowest BCUT2D eigenvalue weighted by Gasteiger charge is -2.04. The zero-order chi connectivity index (χ0) is 13.7. The first-order chi connectivity index (χ1) is 9.20. The summed E-state index contributed by atoms with van der Waals surface area (Å²) in [7, 11) is 1.59. The van der Waals surface area contributed by atoms with Gasteiger partial charge in [-0.05, 0) is 30.3 Å². The van der Waals surface area contributed by atoms with Gasteiger partial charge < -0.3 is 4.74 Å². The van der Waals surface area contributed by atoms with E-state index in [1.165, 1.54) is 23.9 Å². The fourth-order valence-electron chi connectivity index (χ4n) is 1.60. The Morgan fingerprint density at radius 2 is 2.00 bits per heavy atom. The molecule has 0 fully saturated rings. The number of rotatable bonds is 5. The Morgan fingerprint density at radius 3 is 2.74 bits per heavy atom. The van der Waals surface area contributed by atoms with Crippen LogP contribution in [-0.2, 0) is 0 Å². The Hall–Kier alpha value is -1.81. The zero-order valence-corrected chi connectivity index (χ0v) is 11.2. The summed E-state index contributed by atoms with van der Waals surface area (Å²) in [6, 6.07) is 13.5. The third-order valence-corrected chi connectivity index (χ3v) is 3.58. The number of carbonyl (C=O) groups is 1. The number of hydrogen-bond acceptors (Lipinski definition) is 3. The fourth-order valence-corrected chi connectivity index (χ4v) is 2.43. The van der Waals surface area contributed by atoms with Gasteiger partial charge in [0.25, 0.3) is 0 Å². The number of hydrogen-bond donors (Lipinski definition) is 0. The summed E-state index contributed by atoms with van der Waals surface area (Å²) < 4.78 is 18.5. The molecule has 0 aromatic heterocycles. The monoisotopic (exact) mass is 276 g/mol. The largest absolute Gasteiger partial charge is 0.497 e. The quantitative estimate of drug-likeness (QED) is 0.613.